The van der Waals surface area contributed by atoms with Gasteiger partial charge in [-0.2, -0.15) is 0 Å². The zero-order valence-corrected chi connectivity index (χ0v) is 15.3. The summed E-state index contributed by atoms with van der Waals surface area (Å²) in [4.78, 5) is 19.2. The van der Waals surface area contributed by atoms with E-state index in [9.17, 15) is 9.90 Å². The third-order valence-corrected chi connectivity index (χ3v) is 7.34. The van der Waals surface area contributed by atoms with E-state index in [0.717, 1.165) is 31.6 Å². The number of quaternary nitrogens is 1. The molecule has 5 atom stereocenters. The van der Waals surface area contributed by atoms with Crippen LogP contribution in [0, 0.1) is 5.41 Å². The average molecular weight is 353 g/mol. The summed E-state index contributed by atoms with van der Waals surface area (Å²) in [6.45, 7) is 4.20. The first-order valence-corrected chi connectivity index (χ1v) is 9.54. The Morgan fingerprint density at radius 2 is 2.23 bits per heavy atom. The summed E-state index contributed by atoms with van der Waals surface area (Å²) in [5, 5.41) is 11.7. The molecule has 0 amide bonds. The molecule has 0 aromatic heterocycles. The fraction of sp³-hybridized carbons (Fsp3) is 0.524. The van der Waals surface area contributed by atoms with Gasteiger partial charge in [0.2, 0.25) is 5.60 Å². The van der Waals surface area contributed by atoms with Crippen molar-refractivity contribution < 1.29 is 19.5 Å². The summed E-state index contributed by atoms with van der Waals surface area (Å²) in [6.07, 6.45) is 6.64. The normalized spacial score (nSPS) is 41.9. The number of nitrogens with zero attached hydrogens (tertiary/aromatic N) is 1. The number of carbonyl (C=O) groups excluding carboxylic acids is 1. The predicted molar refractivity (Wildman–Crippen MR) is 97.8 cm³/mol. The first kappa shape index (κ1) is 16.2. The van der Waals surface area contributed by atoms with Crippen molar-refractivity contribution in [3.63, 3.8) is 0 Å². The number of esters is 1. The van der Waals surface area contributed by atoms with E-state index in [1.165, 1.54) is 12.7 Å². The van der Waals surface area contributed by atoms with Crippen LogP contribution in [0.5, 0.6) is 0 Å². The Morgan fingerprint density at radius 3 is 3.00 bits per heavy atom. The highest BCUT2D eigenvalue weighted by atomic mass is 16.5. The molecule has 1 aliphatic carbocycles. The molecule has 2 fully saturated rings. The van der Waals surface area contributed by atoms with E-state index < -0.39 is 11.6 Å². The molecule has 0 radical (unpaired) electrons. The maximum absolute atomic E-state index is 12.8. The van der Waals surface area contributed by atoms with Crippen LogP contribution in [0.4, 0.5) is 5.69 Å². The van der Waals surface area contributed by atoms with Gasteiger partial charge in [-0.3, -0.25) is 4.99 Å². The first-order chi connectivity index (χ1) is 12.5. The molecule has 1 saturated carbocycles. The largest absolute Gasteiger partial charge is 0.467 e. The average Bonchev–Trinajstić information content (AvgIpc) is 3.23. The van der Waals surface area contributed by atoms with Crippen molar-refractivity contribution in [1.29, 1.82) is 0 Å². The van der Waals surface area contributed by atoms with Gasteiger partial charge in [0, 0.05) is 18.3 Å². The molecule has 3 heterocycles. The number of ether oxygens (including phenoxy) is 1. The number of fused-ring (bicyclic) bond motifs is 1. The van der Waals surface area contributed by atoms with Gasteiger partial charge in [0.05, 0.1) is 37.0 Å². The lowest BCUT2D eigenvalue weighted by Gasteiger charge is -2.54. The molecular formula is C21H25N2O3+. The SMILES string of the molecule is CC[C@]12C=CC[NH+]3CC[C@]4(C(=Nc5ccccc54)[C@@](O)(C(=O)OC)C1)[C@@H]32. The number of para-hydroxylation sites is 1. The molecule has 0 bridgehead atoms. The Balaban J connectivity index is 1.83. The topological polar surface area (TPSA) is 63.3 Å². The van der Waals surface area contributed by atoms with Crippen molar-refractivity contribution in [2.75, 3.05) is 20.2 Å². The molecule has 1 unspecified atom stereocenters. The number of rotatable bonds is 2. The van der Waals surface area contributed by atoms with E-state index in [1.54, 1.807) is 4.90 Å². The second kappa shape index (κ2) is 5.05. The van der Waals surface area contributed by atoms with Crippen LogP contribution in [0.3, 0.4) is 0 Å². The molecule has 5 heteroatoms. The van der Waals surface area contributed by atoms with Crippen LogP contribution in [-0.2, 0) is 14.9 Å². The molecule has 3 aliphatic heterocycles. The highest BCUT2D eigenvalue weighted by Gasteiger charge is 2.74. The van der Waals surface area contributed by atoms with Gasteiger partial charge in [0.25, 0.3) is 0 Å². The zero-order valence-electron chi connectivity index (χ0n) is 15.3. The van der Waals surface area contributed by atoms with E-state index in [1.807, 2.05) is 18.2 Å². The van der Waals surface area contributed by atoms with Crippen LogP contribution >= 0.6 is 0 Å². The number of aliphatic imine (C=N–C) groups is 1. The summed E-state index contributed by atoms with van der Waals surface area (Å²) in [5.74, 6) is -0.581. The highest BCUT2D eigenvalue weighted by Crippen LogP contribution is 2.59. The Hall–Kier alpha value is -1.98. The van der Waals surface area contributed by atoms with Gasteiger partial charge >= 0.3 is 5.97 Å². The summed E-state index contributed by atoms with van der Waals surface area (Å²) >= 11 is 0. The highest BCUT2D eigenvalue weighted by molar-refractivity contribution is 6.19. The van der Waals surface area contributed by atoms with Gasteiger partial charge in [0.1, 0.15) is 6.04 Å². The fourth-order valence-corrected chi connectivity index (χ4v) is 6.46. The Bertz CT molecular complexity index is 863. The lowest BCUT2D eigenvalue weighted by molar-refractivity contribution is -0.918. The van der Waals surface area contributed by atoms with Crippen molar-refractivity contribution in [3.05, 3.63) is 42.0 Å². The minimum atomic E-state index is -1.67. The fourth-order valence-electron chi connectivity index (χ4n) is 6.46. The molecule has 4 aliphatic rings. The second-order valence-corrected chi connectivity index (χ2v) is 8.26. The molecule has 5 rings (SSSR count). The van der Waals surface area contributed by atoms with Gasteiger partial charge in [-0.15, -0.1) is 0 Å². The van der Waals surface area contributed by atoms with Crippen LogP contribution in [0.15, 0.2) is 41.4 Å². The van der Waals surface area contributed by atoms with Gasteiger partial charge in [-0.05, 0) is 24.1 Å². The molecular weight excluding hydrogens is 328 g/mol. The van der Waals surface area contributed by atoms with Crippen molar-refractivity contribution >= 4 is 17.4 Å². The summed E-state index contributed by atoms with van der Waals surface area (Å²) in [5.41, 5.74) is 0.407. The van der Waals surface area contributed by atoms with Gasteiger partial charge in [-0.1, -0.05) is 31.2 Å². The van der Waals surface area contributed by atoms with Crippen LogP contribution in [0.25, 0.3) is 0 Å². The number of nitrogens with one attached hydrogen (secondary N) is 1. The number of aliphatic hydroxyl groups is 1. The lowest BCUT2D eigenvalue weighted by atomic mass is 9.50. The molecule has 1 spiro atoms. The third kappa shape index (κ3) is 1.64. The van der Waals surface area contributed by atoms with Gasteiger partial charge in [-0.25, -0.2) is 4.79 Å². The summed E-state index contributed by atoms with van der Waals surface area (Å²) in [7, 11) is 1.35. The van der Waals surface area contributed by atoms with Crippen LogP contribution in [-0.4, -0.2) is 48.6 Å². The van der Waals surface area contributed by atoms with E-state index in [4.69, 9.17) is 9.73 Å². The molecule has 136 valence electrons. The van der Waals surface area contributed by atoms with Crippen molar-refractivity contribution in [3.8, 4) is 0 Å². The molecule has 1 saturated heterocycles. The molecule has 1 aromatic carbocycles. The maximum Gasteiger partial charge on any atom is 0.343 e. The van der Waals surface area contributed by atoms with Crippen LogP contribution in [0.1, 0.15) is 31.7 Å². The minimum absolute atomic E-state index is 0.233. The first-order valence-electron chi connectivity index (χ1n) is 9.54. The zero-order chi connectivity index (χ0) is 18.2. The van der Waals surface area contributed by atoms with Crippen molar-refractivity contribution in [1.82, 2.24) is 0 Å². The molecule has 5 nitrogen and oxygen atoms in total. The van der Waals surface area contributed by atoms with Crippen molar-refractivity contribution in [2.45, 2.75) is 43.2 Å². The number of hydrogen-bond donors (Lipinski definition) is 2. The summed E-state index contributed by atoms with van der Waals surface area (Å²) in [6, 6.07) is 8.45. The lowest BCUT2D eigenvalue weighted by Crippen LogP contribution is -3.17. The third-order valence-electron chi connectivity index (χ3n) is 7.34. The number of hydrogen-bond acceptors (Lipinski definition) is 4. The maximum atomic E-state index is 12.8. The molecule has 26 heavy (non-hydrogen) atoms. The van der Waals surface area contributed by atoms with E-state index in [0.29, 0.717) is 18.2 Å². The minimum Gasteiger partial charge on any atom is -0.467 e. The summed E-state index contributed by atoms with van der Waals surface area (Å²) < 4.78 is 5.07. The quantitative estimate of drug-likeness (QED) is 0.614. The predicted octanol–water partition coefficient (Wildman–Crippen LogP) is 0.942. The van der Waals surface area contributed by atoms with E-state index in [2.05, 4.69) is 25.1 Å². The Labute approximate surface area is 153 Å². The monoisotopic (exact) mass is 353 g/mol. The standard InChI is InChI=1S/C21H24N2O3/c1-3-19-9-6-11-23-12-10-20(17(19)23)14-7-4-5-8-15(14)22-16(20)21(25,13-19)18(24)26-2/h4-9,17,25H,3,10-13H2,1-2H3/p+1/t17-,19-,20-,21+/m0/s1. The van der Waals surface area contributed by atoms with Gasteiger partial charge < -0.3 is 14.7 Å². The van der Waals surface area contributed by atoms with Crippen molar-refractivity contribution in [2.24, 2.45) is 10.4 Å². The van der Waals surface area contributed by atoms with Gasteiger partial charge in [0.15, 0.2) is 0 Å². The molecule has 1 aromatic rings. The Morgan fingerprint density at radius 1 is 1.42 bits per heavy atom. The van der Waals surface area contributed by atoms with Crippen LogP contribution in [0.2, 0.25) is 0 Å². The van der Waals surface area contributed by atoms with E-state index >= 15 is 0 Å². The molecule has 2 N–H and O–H groups in total. The number of carbonyl (C=O) groups is 1. The Kier molecular flexibility index (Phi) is 3.15. The smallest absolute Gasteiger partial charge is 0.343 e. The number of benzene rings is 1. The van der Waals surface area contributed by atoms with E-state index in [-0.39, 0.29) is 10.8 Å². The number of methoxy groups -OCH3 is 1. The second-order valence-electron chi connectivity index (χ2n) is 8.26. The van der Waals surface area contributed by atoms with Crippen LogP contribution < -0.4 is 4.90 Å².